The molecule has 13 heteroatoms. The quantitative estimate of drug-likeness (QED) is 0.272. The lowest BCUT2D eigenvalue weighted by atomic mass is 9.87. The number of carbonyl (C=O) groups is 1. The number of para-hydroxylation sites is 1. The number of alkyl halides is 3. The van der Waals surface area contributed by atoms with E-state index < -0.39 is 29.3 Å². The molecule has 1 aromatic heterocycles. The first-order chi connectivity index (χ1) is 21.9. The normalized spacial score (nSPS) is 19.9. The highest BCUT2D eigenvalue weighted by atomic mass is 19.4. The van der Waals surface area contributed by atoms with Crippen LogP contribution < -0.4 is 14.5 Å². The first-order valence-corrected chi connectivity index (χ1v) is 15.8. The number of rotatable bonds is 9. The minimum Gasteiger partial charge on any atom is -0.463 e. The molecule has 0 bridgehead atoms. The molecule has 1 amide bonds. The number of hydrogen-bond acceptors (Lipinski definition) is 8. The van der Waals surface area contributed by atoms with Gasteiger partial charge >= 0.3 is 12.2 Å². The van der Waals surface area contributed by atoms with Gasteiger partial charge in [-0.05, 0) is 58.0 Å². The molecule has 0 unspecified atom stereocenters. The molecule has 3 heterocycles. The highest BCUT2D eigenvalue weighted by Gasteiger charge is 2.39. The van der Waals surface area contributed by atoms with Gasteiger partial charge in [0.1, 0.15) is 11.6 Å². The Morgan fingerprint density at radius 2 is 1.93 bits per heavy atom. The van der Waals surface area contributed by atoms with Gasteiger partial charge in [0.05, 0.1) is 48.6 Å². The number of benzene rings is 1. The molecule has 2 aliphatic heterocycles. The minimum absolute atomic E-state index is 0.0649. The fourth-order valence-electron chi connectivity index (χ4n) is 7.27. The van der Waals surface area contributed by atoms with Gasteiger partial charge in [-0.1, -0.05) is 25.5 Å². The summed E-state index contributed by atoms with van der Waals surface area (Å²) in [6.07, 6.45) is 1.70. The van der Waals surface area contributed by atoms with Crippen LogP contribution in [0.5, 0.6) is 6.01 Å². The van der Waals surface area contributed by atoms with E-state index in [1.165, 1.54) is 11.0 Å². The summed E-state index contributed by atoms with van der Waals surface area (Å²) >= 11 is 0. The molecule has 1 aromatic carbocycles. The summed E-state index contributed by atoms with van der Waals surface area (Å²) in [5.74, 6) is -0.624. The van der Waals surface area contributed by atoms with Crippen molar-refractivity contribution in [3.05, 3.63) is 53.5 Å². The van der Waals surface area contributed by atoms with Crippen LogP contribution in [0.3, 0.4) is 0 Å². The molecule has 0 N–H and O–H groups in total. The lowest BCUT2D eigenvalue weighted by Crippen LogP contribution is -2.55. The average Bonchev–Trinajstić information content (AvgIpc) is 3.36. The van der Waals surface area contributed by atoms with Crippen LogP contribution in [0.15, 0.2) is 30.9 Å². The van der Waals surface area contributed by atoms with Crippen LogP contribution in [0, 0.1) is 22.6 Å². The molecule has 0 spiro atoms. The largest absolute Gasteiger partial charge is 0.463 e. The Hall–Kier alpha value is -3.92. The predicted octanol–water partition coefficient (Wildman–Crippen LogP) is 5.20. The van der Waals surface area contributed by atoms with Gasteiger partial charge in [0.2, 0.25) is 5.91 Å². The molecule has 0 radical (unpaired) electrons. The maximum absolute atomic E-state index is 15.1. The topological polar surface area (TPSA) is 88.8 Å². The fraction of sp³-hybridized carbons (Fsp3) is 0.576. The molecule has 2 fully saturated rings. The highest BCUT2D eigenvalue weighted by molar-refractivity contribution is 5.87. The lowest BCUT2D eigenvalue weighted by Gasteiger charge is -2.41. The summed E-state index contributed by atoms with van der Waals surface area (Å²) in [6.45, 7) is 6.02. The molecule has 46 heavy (non-hydrogen) atoms. The van der Waals surface area contributed by atoms with Gasteiger partial charge in [0, 0.05) is 43.7 Å². The summed E-state index contributed by atoms with van der Waals surface area (Å²) < 4.78 is 63.6. The maximum atomic E-state index is 15.1. The van der Waals surface area contributed by atoms with E-state index in [1.807, 2.05) is 19.0 Å². The fourth-order valence-corrected chi connectivity index (χ4v) is 7.27. The van der Waals surface area contributed by atoms with E-state index in [-0.39, 0.29) is 36.8 Å². The zero-order valence-electron chi connectivity index (χ0n) is 26.5. The van der Waals surface area contributed by atoms with E-state index in [2.05, 4.69) is 17.5 Å². The summed E-state index contributed by atoms with van der Waals surface area (Å²) in [7, 11) is 4.05. The zero-order chi connectivity index (χ0) is 33.1. The summed E-state index contributed by atoms with van der Waals surface area (Å²) in [4.78, 5) is 29.4. The Morgan fingerprint density at radius 1 is 1.17 bits per heavy atom. The lowest BCUT2D eigenvalue weighted by molar-refractivity contribution is -0.137. The van der Waals surface area contributed by atoms with Crippen molar-refractivity contribution < 1.29 is 27.1 Å². The predicted molar refractivity (Wildman–Crippen MR) is 166 cm³/mol. The van der Waals surface area contributed by atoms with Crippen LogP contribution in [0.25, 0.3) is 0 Å². The number of nitrogens with zero attached hydrogens (tertiary/aromatic N) is 7. The standard InChI is InChI=1S/C33H41F4N7O2/c1-4-28(45)44-18-17-43(19-23(44)12-15-38)30-24-9-8-16-42(29-25(33(35,36)37)10-7-11-26(29)34)20-27(24)39-31(40-30)46-22-32(21-41(2)3)13-5-6-14-32/h4,7,10-11,23H,1,5-6,8-9,12-14,16-22H2,2-3H3/t23-/m0/s1. The van der Waals surface area contributed by atoms with Crippen molar-refractivity contribution in [1.82, 2.24) is 19.8 Å². The number of hydrogen-bond donors (Lipinski definition) is 0. The number of ether oxygens (including phenoxy) is 1. The van der Waals surface area contributed by atoms with Gasteiger partial charge in [-0.15, -0.1) is 0 Å². The number of carbonyl (C=O) groups excluding carboxylic acids is 1. The number of nitriles is 1. The second-order valence-electron chi connectivity index (χ2n) is 12.8. The van der Waals surface area contributed by atoms with Crippen molar-refractivity contribution in [3.8, 4) is 12.1 Å². The van der Waals surface area contributed by atoms with Gasteiger partial charge in [-0.25, -0.2) is 4.39 Å². The third-order valence-corrected chi connectivity index (χ3v) is 9.24. The highest BCUT2D eigenvalue weighted by Crippen LogP contribution is 2.41. The Bertz CT molecular complexity index is 1470. The number of amides is 1. The van der Waals surface area contributed by atoms with Gasteiger partial charge in [0.15, 0.2) is 0 Å². The molecule has 1 aliphatic carbocycles. The van der Waals surface area contributed by atoms with Crippen LogP contribution in [0.4, 0.5) is 29.1 Å². The molecule has 9 nitrogen and oxygen atoms in total. The van der Waals surface area contributed by atoms with E-state index in [1.54, 1.807) is 4.90 Å². The Labute approximate surface area is 267 Å². The van der Waals surface area contributed by atoms with Gasteiger partial charge in [-0.3, -0.25) is 4.79 Å². The first-order valence-electron chi connectivity index (χ1n) is 15.8. The van der Waals surface area contributed by atoms with E-state index in [9.17, 15) is 23.2 Å². The monoisotopic (exact) mass is 643 g/mol. The number of fused-ring (bicyclic) bond motifs is 1. The van der Waals surface area contributed by atoms with Crippen molar-refractivity contribution in [2.75, 3.05) is 63.2 Å². The van der Waals surface area contributed by atoms with E-state index >= 15 is 4.39 Å². The van der Waals surface area contributed by atoms with Crippen molar-refractivity contribution in [3.63, 3.8) is 0 Å². The SMILES string of the molecule is C=CC(=O)N1CCN(c2nc(OCC3(CN(C)C)CCCC3)nc3c2CCCN(c2c(F)cccc2C(F)(F)F)C3)C[C@@H]1CC#N. The summed E-state index contributed by atoms with van der Waals surface area (Å²) in [5.41, 5.74) is -0.371. The number of piperazine rings is 1. The molecule has 1 atom stereocenters. The van der Waals surface area contributed by atoms with Gasteiger partial charge in [0.25, 0.3) is 0 Å². The maximum Gasteiger partial charge on any atom is 0.418 e. The number of aromatic nitrogens is 2. The van der Waals surface area contributed by atoms with E-state index in [0.717, 1.165) is 56.0 Å². The molecule has 1 saturated heterocycles. The second-order valence-corrected chi connectivity index (χ2v) is 12.8. The minimum atomic E-state index is -4.74. The summed E-state index contributed by atoms with van der Waals surface area (Å²) in [6, 6.07) is 4.89. The Balaban J connectivity index is 1.54. The number of halogens is 4. The molecule has 3 aliphatic rings. The third-order valence-electron chi connectivity index (χ3n) is 9.24. The molecule has 5 rings (SSSR count). The first kappa shape index (κ1) is 33.4. The molecular weight excluding hydrogens is 602 g/mol. The van der Waals surface area contributed by atoms with Crippen LogP contribution in [-0.4, -0.2) is 85.1 Å². The van der Waals surface area contributed by atoms with Crippen molar-refractivity contribution >= 4 is 17.4 Å². The third kappa shape index (κ3) is 7.22. The molecule has 2 aromatic rings. The van der Waals surface area contributed by atoms with Crippen molar-refractivity contribution in [2.24, 2.45) is 5.41 Å². The second kappa shape index (κ2) is 13.8. The van der Waals surface area contributed by atoms with Crippen LogP contribution in [-0.2, 0) is 23.9 Å². The van der Waals surface area contributed by atoms with E-state index in [4.69, 9.17) is 14.7 Å². The smallest absolute Gasteiger partial charge is 0.418 e. The molecule has 1 saturated carbocycles. The van der Waals surface area contributed by atoms with Crippen molar-refractivity contribution in [1.29, 1.82) is 5.26 Å². The number of anilines is 2. The Kier molecular flexibility index (Phi) is 10.1. The van der Waals surface area contributed by atoms with Gasteiger partial charge in [-0.2, -0.15) is 28.4 Å². The van der Waals surface area contributed by atoms with E-state index in [0.29, 0.717) is 50.6 Å². The summed E-state index contributed by atoms with van der Waals surface area (Å²) in [5, 5.41) is 9.52. The van der Waals surface area contributed by atoms with Gasteiger partial charge < -0.3 is 24.3 Å². The Morgan fingerprint density at radius 3 is 2.61 bits per heavy atom. The zero-order valence-corrected chi connectivity index (χ0v) is 26.5. The molecule has 248 valence electrons. The van der Waals surface area contributed by atoms with Crippen LogP contribution in [0.2, 0.25) is 0 Å². The molecular formula is C33H41F4N7O2. The van der Waals surface area contributed by atoms with Crippen LogP contribution >= 0.6 is 0 Å². The average molecular weight is 644 g/mol. The van der Waals surface area contributed by atoms with Crippen molar-refractivity contribution in [2.45, 2.75) is 63.7 Å². The van der Waals surface area contributed by atoms with Crippen LogP contribution in [0.1, 0.15) is 55.3 Å².